The van der Waals surface area contributed by atoms with Gasteiger partial charge in [-0.1, -0.05) is 18.2 Å². The van der Waals surface area contributed by atoms with Crippen LogP contribution in [0.15, 0.2) is 40.8 Å². The van der Waals surface area contributed by atoms with Gasteiger partial charge in [0.2, 0.25) is 0 Å². The van der Waals surface area contributed by atoms with E-state index in [2.05, 4.69) is 16.7 Å². The highest BCUT2D eigenvalue weighted by Crippen LogP contribution is 2.26. The van der Waals surface area contributed by atoms with Gasteiger partial charge in [-0.2, -0.15) is 0 Å². The van der Waals surface area contributed by atoms with E-state index in [1.54, 1.807) is 7.11 Å². The molecule has 0 aliphatic carbocycles. The molecule has 0 radical (unpaired) electrons. The number of carbonyl (C=O) groups excluding carboxylic acids is 1. The number of rotatable bonds is 6. The molecule has 2 heterocycles. The summed E-state index contributed by atoms with van der Waals surface area (Å²) < 4.78 is 16.5. The third-order valence-electron chi connectivity index (χ3n) is 4.25. The second-order valence-electron chi connectivity index (χ2n) is 6.30. The summed E-state index contributed by atoms with van der Waals surface area (Å²) in [4.78, 5) is 12.2. The molecular weight excluding hydrogens is 320 g/mol. The van der Waals surface area contributed by atoms with Crippen LogP contribution in [0.5, 0.6) is 5.75 Å². The molecule has 0 bridgehead atoms. The molecule has 0 unspecified atom stereocenters. The van der Waals surface area contributed by atoms with Crippen LogP contribution in [0, 0.1) is 12.8 Å². The molecule has 1 aliphatic heterocycles. The van der Waals surface area contributed by atoms with Crippen LogP contribution in [-0.4, -0.2) is 32.9 Å². The molecule has 2 amide bonds. The normalized spacial score (nSPS) is 17.3. The summed E-state index contributed by atoms with van der Waals surface area (Å²) in [5, 5.41) is 5.82. The molecule has 134 valence electrons. The third kappa shape index (κ3) is 4.54. The molecule has 1 aromatic carbocycles. The van der Waals surface area contributed by atoms with Crippen LogP contribution in [-0.2, 0) is 11.2 Å². The third-order valence-corrected chi connectivity index (χ3v) is 4.25. The number of urea groups is 1. The Bertz CT molecular complexity index is 713. The van der Waals surface area contributed by atoms with E-state index in [4.69, 9.17) is 13.9 Å². The zero-order valence-corrected chi connectivity index (χ0v) is 14.6. The molecule has 2 N–H and O–H groups in total. The van der Waals surface area contributed by atoms with Crippen molar-refractivity contribution in [1.82, 2.24) is 10.6 Å². The van der Waals surface area contributed by atoms with E-state index < -0.39 is 0 Å². The van der Waals surface area contributed by atoms with Gasteiger partial charge in [-0.25, -0.2) is 4.79 Å². The lowest BCUT2D eigenvalue weighted by atomic mass is 9.97. The number of amides is 2. The van der Waals surface area contributed by atoms with E-state index in [0.717, 1.165) is 17.9 Å². The predicted octanol–water partition coefficient (Wildman–Crippen LogP) is 2.83. The average molecular weight is 344 g/mol. The Balaban J connectivity index is 1.50. The van der Waals surface area contributed by atoms with E-state index in [0.29, 0.717) is 25.5 Å². The number of hydrogen-bond donors (Lipinski definition) is 2. The Morgan fingerprint density at radius 1 is 1.32 bits per heavy atom. The van der Waals surface area contributed by atoms with Gasteiger partial charge in [-0.15, -0.1) is 0 Å². The smallest absolute Gasteiger partial charge is 0.315 e. The molecule has 0 saturated carbocycles. The van der Waals surface area contributed by atoms with Crippen molar-refractivity contribution in [2.75, 3.05) is 26.9 Å². The van der Waals surface area contributed by atoms with Gasteiger partial charge >= 0.3 is 6.03 Å². The van der Waals surface area contributed by atoms with E-state index in [1.807, 2.05) is 37.3 Å². The molecule has 6 nitrogen and oxygen atoms in total. The van der Waals surface area contributed by atoms with Crippen LogP contribution in [0.25, 0.3) is 0 Å². The van der Waals surface area contributed by atoms with Gasteiger partial charge in [0, 0.05) is 19.6 Å². The van der Waals surface area contributed by atoms with Gasteiger partial charge in [-0.05, 0) is 37.1 Å². The Kier molecular flexibility index (Phi) is 5.60. The van der Waals surface area contributed by atoms with Crippen LogP contribution in [0.2, 0.25) is 0 Å². The van der Waals surface area contributed by atoms with Gasteiger partial charge in [0.25, 0.3) is 0 Å². The molecule has 6 heteroatoms. The van der Waals surface area contributed by atoms with Gasteiger partial charge in [0.05, 0.1) is 13.2 Å². The maximum Gasteiger partial charge on any atom is 0.315 e. The van der Waals surface area contributed by atoms with Crippen molar-refractivity contribution in [1.29, 1.82) is 0 Å². The van der Waals surface area contributed by atoms with Crippen LogP contribution in [0.4, 0.5) is 4.79 Å². The van der Waals surface area contributed by atoms with Crippen molar-refractivity contribution < 1.29 is 18.7 Å². The van der Waals surface area contributed by atoms with E-state index >= 15 is 0 Å². The van der Waals surface area contributed by atoms with Crippen molar-refractivity contribution in [3.8, 4) is 5.75 Å². The summed E-state index contributed by atoms with van der Waals surface area (Å²) in [6, 6.07) is 11.2. The van der Waals surface area contributed by atoms with Gasteiger partial charge in [-0.3, -0.25) is 0 Å². The van der Waals surface area contributed by atoms with Crippen molar-refractivity contribution in [3.63, 3.8) is 0 Å². The molecule has 0 saturated heterocycles. The number of aryl methyl sites for hydroxylation is 1. The van der Waals surface area contributed by atoms with E-state index in [-0.39, 0.29) is 18.0 Å². The lowest BCUT2D eigenvalue weighted by Crippen LogP contribution is -2.43. The molecule has 25 heavy (non-hydrogen) atoms. The van der Waals surface area contributed by atoms with Gasteiger partial charge in [0.1, 0.15) is 23.3 Å². The fourth-order valence-electron chi connectivity index (χ4n) is 2.97. The average Bonchev–Trinajstić information content (AvgIpc) is 3.06. The fraction of sp³-hybridized carbons (Fsp3) is 0.421. The number of nitrogens with one attached hydrogen (secondary N) is 2. The number of furan rings is 1. The second kappa shape index (κ2) is 8.07. The van der Waals surface area contributed by atoms with Crippen molar-refractivity contribution in [2.24, 2.45) is 5.92 Å². The minimum absolute atomic E-state index is 0.241. The number of para-hydroxylation sites is 1. The summed E-state index contributed by atoms with van der Waals surface area (Å²) in [7, 11) is 1.60. The lowest BCUT2D eigenvalue weighted by Gasteiger charge is -2.25. The highest BCUT2D eigenvalue weighted by Gasteiger charge is 2.22. The topological polar surface area (TPSA) is 72.7 Å². The number of carbonyl (C=O) groups is 1. The minimum atomic E-state index is -0.318. The molecule has 0 spiro atoms. The zero-order valence-electron chi connectivity index (χ0n) is 14.6. The fourth-order valence-corrected chi connectivity index (χ4v) is 2.97. The lowest BCUT2D eigenvalue weighted by molar-refractivity contribution is 0.155. The molecular formula is C19H24N2O4. The minimum Gasteiger partial charge on any atom is -0.493 e. The summed E-state index contributed by atoms with van der Waals surface area (Å²) in [5.41, 5.74) is 1.18. The number of hydrogen-bond acceptors (Lipinski definition) is 4. The Morgan fingerprint density at radius 2 is 2.16 bits per heavy atom. The van der Waals surface area contributed by atoms with E-state index in [9.17, 15) is 4.79 Å². The Hall–Kier alpha value is -2.47. The van der Waals surface area contributed by atoms with Crippen molar-refractivity contribution in [2.45, 2.75) is 19.4 Å². The molecule has 1 aromatic heterocycles. The molecule has 1 aliphatic rings. The number of ether oxygens (including phenoxy) is 2. The van der Waals surface area contributed by atoms with Gasteiger partial charge in [0.15, 0.2) is 0 Å². The molecule has 2 aromatic rings. The van der Waals surface area contributed by atoms with E-state index in [1.165, 1.54) is 5.56 Å². The first-order valence-corrected chi connectivity index (χ1v) is 8.46. The summed E-state index contributed by atoms with van der Waals surface area (Å²) in [6.07, 6.45) is 0.898. The standard InChI is InChI=1S/C19H24N2O4/c1-13-7-8-18(25-13)16(12-23-2)21-19(22)20-10-14-9-15-5-3-4-6-17(15)24-11-14/h3-8,14,16H,9-12H2,1-2H3,(H2,20,21,22)/t14-,16-/m0/s1. The largest absolute Gasteiger partial charge is 0.493 e. The van der Waals surface area contributed by atoms with Crippen molar-refractivity contribution in [3.05, 3.63) is 53.5 Å². The molecule has 2 atom stereocenters. The monoisotopic (exact) mass is 344 g/mol. The molecule has 3 rings (SSSR count). The Morgan fingerprint density at radius 3 is 2.92 bits per heavy atom. The maximum atomic E-state index is 12.2. The first-order valence-electron chi connectivity index (χ1n) is 8.46. The first kappa shape index (κ1) is 17.4. The highest BCUT2D eigenvalue weighted by molar-refractivity contribution is 5.74. The van der Waals surface area contributed by atoms with Crippen LogP contribution in [0.3, 0.4) is 0 Å². The predicted molar refractivity (Wildman–Crippen MR) is 93.7 cm³/mol. The SMILES string of the molecule is COC[C@H](NC(=O)NC[C@H]1COc2ccccc2C1)c1ccc(C)o1. The van der Waals surface area contributed by atoms with Gasteiger partial charge < -0.3 is 24.5 Å². The maximum absolute atomic E-state index is 12.2. The number of fused-ring (bicyclic) bond motifs is 1. The number of benzene rings is 1. The summed E-state index contributed by atoms with van der Waals surface area (Å²) >= 11 is 0. The first-order chi connectivity index (χ1) is 12.2. The van der Waals surface area contributed by atoms with Crippen molar-refractivity contribution >= 4 is 6.03 Å². The van der Waals surface area contributed by atoms with Crippen LogP contribution < -0.4 is 15.4 Å². The highest BCUT2D eigenvalue weighted by atomic mass is 16.5. The Labute approximate surface area is 147 Å². The molecule has 0 fully saturated rings. The zero-order chi connectivity index (χ0) is 17.6. The quantitative estimate of drug-likeness (QED) is 0.845. The van der Waals surface area contributed by atoms with Crippen LogP contribution >= 0.6 is 0 Å². The number of methoxy groups -OCH3 is 1. The summed E-state index contributed by atoms with van der Waals surface area (Å²) in [6.45, 7) is 3.38. The van der Waals surface area contributed by atoms with Crippen LogP contribution in [0.1, 0.15) is 23.1 Å². The second-order valence-corrected chi connectivity index (χ2v) is 6.30. The summed E-state index contributed by atoms with van der Waals surface area (Å²) in [5.74, 6) is 2.68.